The van der Waals surface area contributed by atoms with Crippen LogP contribution in [0.25, 0.3) is 27.3 Å². The molecule has 0 bridgehead atoms. The lowest BCUT2D eigenvalue weighted by atomic mass is 10.2. The van der Waals surface area contributed by atoms with E-state index in [4.69, 9.17) is 4.74 Å². The zero-order chi connectivity index (χ0) is 16.5. The Morgan fingerprint density at radius 3 is 2.79 bits per heavy atom. The number of aromatic nitrogens is 4. The van der Waals surface area contributed by atoms with Crippen molar-refractivity contribution in [2.45, 2.75) is 0 Å². The van der Waals surface area contributed by atoms with Crippen LogP contribution in [0.15, 0.2) is 59.1 Å². The first-order valence-corrected chi connectivity index (χ1v) is 8.07. The molecule has 0 saturated carbocycles. The van der Waals surface area contributed by atoms with Gasteiger partial charge in [-0.15, -0.1) is 11.3 Å². The number of rotatable bonds is 3. The minimum atomic E-state index is -0.124. The van der Waals surface area contributed by atoms with E-state index in [0.717, 1.165) is 5.56 Å². The molecular weight excluding hydrogens is 324 g/mol. The van der Waals surface area contributed by atoms with Crippen LogP contribution in [0.5, 0.6) is 5.88 Å². The average Bonchev–Trinajstić information content (AvgIpc) is 3.11. The highest BCUT2D eigenvalue weighted by atomic mass is 32.1. The number of methoxy groups -OCH3 is 1. The number of hydrogen-bond acceptors (Lipinski definition) is 6. The minimum Gasteiger partial charge on any atom is -0.481 e. The third-order valence-electron chi connectivity index (χ3n) is 3.59. The summed E-state index contributed by atoms with van der Waals surface area (Å²) in [5, 5.41) is 1.86. The van der Waals surface area contributed by atoms with Gasteiger partial charge in [0.1, 0.15) is 10.5 Å². The number of thiophene rings is 1. The Labute approximate surface area is 141 Å². The second-order valence-corrected chi connectivity index (χ2v) is 5.93. The van der Waals surface area contributed by atoms with E-state index in [-0.39, 0.29) is 5.56 Å². The van der Waals surface area contributed by atoms with E-state index < -0.39 is 0 Å². The normalized spacial score (nSPS) is 10.9. The fourth-order valence-electron chi connectivity index (χ4n) is 2.47. The van der Waals surface area contributed by atoms with E-state index in [2.05, 4.69) is 15.0 Å². The smallest absolute Gasteiger partial charge is 0.276 e. The van der Waals surface area contributed by atoms with E-state index in [1.165, 1.54) is 11.3 Å². The molecule has 0 aliphatic heterocycles. The summed E-state index contributed by atoms with van der Waals surface area (Å²) in [6.45, 7) is 0. The van der Waals surface area contributed by atoms with Crippen molar-refractivity contribution in [1.29, 1.82) is 0 Å². The summed E-state index contributed by atoms with van der Waals surface area (Å²) >= 11 is 1.38. The first kappa shape index (κ1) is 14.5. The summed E-state index contributed by atoms with van der Waals surface area (Å²) in [5.74, 6) is 1.02. The Morgan fingerprint density at radius 2 is 2.08 bits per heavy atom. The maximum atomic E-state index is 13.0. The van der Waals surface area contributed by atoms with Crippen molar-refractivity contribution in [1.82, 2.24) is 19.5 Å². The van der Waals surface area contributed by atoms with E-state index in [9.17, 15) is 4.79 Å². The molecule has 0 aliphatic rings. The monoisotopic (exact) mass is 336 g/mol. The molecule has 0 amide bonds. The molecule has 0 saturated heterocycles. The number of ether oxygens (including phenoxy) is 1. The third-order valence-corrected chi connectivity index (χ3v) is 4.48. The van der Waals surface area contributed by atoms with Gasteiger partial charge >= 0.3 is 0 Å². The highest BCUT2D eigenvalue weighted by Gasteiger charge is 2.15. The molecular formula is C17H12N4O2S. The molecule has 0 radical (unpaired) electrons. The molecule has 24 heavy (non-hydrogen) atoms. The standard InChI is InChI=1S/C17H12N4O2S/c1-23-14-5-4-12(10-19-14)21-16(11-3-2-7-18-9-11)20-13-6-8-24-15(13)17(21)22/h2-10H,1H3. The van der Waals surface area contributed by atoms with Crippen LogP contribution in [0.4, 0.5) is 0 Å². The van der Waals surface area contributed by atoms with Crippen molar-refractivity contribution >= 4 is 21.6 Å². The van der Waals surface area contributed by atoms with Crippen molar-refractivity contribution in [3.8, 4) is 23.0 Å². The van der Waals surface area contributed by atoms with Gasteiger partial charge in [-0.3, -0.25) is 14.3 Å². The van der Waals surface area contributed by atoms with E-state index in [1.54, 1.807) is 42.4 Å². The lowest BCUT2D eigenvalue weighted by molar-refractivity contribution is 0.398. The molecule has 4 heterocycles. The molecule has 4 rings (SSSR count). The van der Waals surface area contributed by atoms with Crippen LogP contribution in [0, 0.1) is 0 Å². The molecule has 0 atom stereocenters. The Bertz CT molecular complexity index is 1060. The summed E-state index contributed by atoms with van der Waals surface area (Å²) in [7, 11) is 1.55. The molecule has 4 aromatic rings. The van der Waals surface area contributed by atoms with E-state index in [0.29, 0.717) is 27.6 Å². The summed E-state index contributed by atoms with van der Waals surface area (Å²) < 4.78 is 7.25. The molecule has 4 aromatic heterocycles. The fourth-order valence-corrected chi connectivity index (χ4v) is 3.23. The lowest BCUT2D eigenvalue weighted by Crippen LogP contribution is -2.21. The molecule has 0 unspecified atom stereocenters. The quantitative estimate of drug-likeness (QED) is 0.575. The lowest BCUT2D eigenvalue weighted by Gasteiger charge is -2.12. The Balaban J connectivity index is 2.04. The van der Waals surface area contributed by atoms with E-state index in [1.807, 2.05) is 23.6 Å². The van der Waals surface area contributed by atoms with Crippen molar-refractivity contribution < 1.29 is 4.74 Å². The van der Waals surface area contributed by atoms with Crippen LogP contribution in [0.2, 0.25) is 0 Å². The van der Waals surface area contributed by atoms with Gasteiger partial charge in [0, 0.05) is 24.0 Å². The van der Waals surface area contributed by atoms with Gasteiger partial charge in [0.15, 0.2) is 0 Å². The van der Waals surface area contributed by atoms with Gasteiger partial charge in [-0.1, -0.05) is 0 Å². The van der Waals surface area contributed by atoms with Crippen LogP contribution >= 0.6 is 11.3 Å². The fraction of sp³-hybridized carbons (Fsp3) is 0.0588. The van der Waals surface area contributed by atoms with E-state index >= 15 is 0 Å². The van der Waals surface area contributed by atoms with Crippen LogP contribution in [0.1, 0.15) is 0 Å². The largest absolute Gasteiger partial charge is 0.481 e. The van der Waals surface area contributed by atoms with Crippen molar-refractivity contribution in [3.63, 3.8) is 0 Å². The Morgan fingerprint density at radius 1 is 1.17 bits per heavy atom. The third kappa shape index (κ3) is 2.35. The summed E-state index contributed by atoms with van der Waals surface area (Å²) in [6, 6.07) is 9.04. The molecule has 0 N–H and O–H groups in total. The number of fused-ring (bicyclic) bond motifs is 1. The maximum Gasteiger partial charge on any atom is 0.276 e. The Hall–Kier alpha value is -3.06. The molecule has 0 spiro atoms. The van der Waals surface area contributed by atoms with Gasteiger partial charge < -0.3 is 4.74 Å². The molecule has 7 heteroatoms. The van der Waals surface area contributed by atoms with Gasteiger partial charge in [-0.25, -0.2) is 9.97 Å². The predicted octanol–water partition coefficient (Wildman–Crippen LogP) is 2.91. The van der Waals surface area contributed by atoms with Crippen LogP contribution in [0.3, 0.4) is 0 Å². The van der Waals surface area contributed by atoms with Crippen molar-refractivity contribution in [2.75, 3.05) is 7.11 Å². The maximum absolute atomic E-state index is 13.0. The highest BCUT2D eigenvalue weighted by molar-refractivity contribution is 7.17. The predicted molar refractivity (Wildman–Crippen MR) is 92.8 cm³/mol. The number of nitrogens with zero attached hydrogens (tertiary/aromatic N) is 4. The molecule has 0 fully saturated rings. The zero-order valence-electron chi connectivity index (χ0n) is 12.7. The summed E-state index contributed by atoms with van der Waals surface area (Å²) in [4.78, 5) is 26.0. The van der Waals surface area contributed by atoms with Gasteiger partial charge in [-0.2, -0.15) is 0 Å². The van der Waals surface area contributed by atoms with Crippen LogP contribution < -0.4 is 10.3 Å². The Kier molecular flexibility index (Phi) is 3.55. The summed E-state index contributed by atoms with van der Waals surface area (Å²) in [6.07, 6.45) is 4.97. The average molecular weight is 336 g/mol. The van der Waals surface area contributed by atoms with Crippen molar-refractivity contribution in [3.05, 3.63) is 64.7 Å². The van der Waals surface area contributed by atoms with Gasteiger partial charge in [-0.05, 0) is 29.6 Å². The highest BCUT2D eigenvalue weighted by Crippen LogP contribution is 2.23. The first-order valence-electron chi connectivity index (χ1n) is 7.19. The van der Waals surface area contributed by atoms with Gasteiger partial charge in [0.25, 0.3) is 5.56 Å². The molecule has 118 valence electrons. The first-order chi connectivity index (χ1) is 11.8. The topological polar surface area (TPSA) is 69.9 Å². The zero-order valence-corrected chi connectivity index (χ0v) is 13.5. The van der Waals surface area contributed by atoms with Crippen LogP contribution in [-0.4, -0.2) is 26.6 Å². The molecule has 0 aromatic carbocycles. The van der Waals surface area contributed by atoms with Gasteiger partial charge in [0.05, 0.1) is 24.5 Å². The second-order valence-electron chi connectivity index (χ2n) is 5.01. The minimum absolute atomic E-state index is 0.124. The molecule has 6 nitrogen and oxygen atoms in total. The SMILES string of the molecule is COc1ccc(-n2c(-c3cccnc3)nc3ccsc3c2=O)cn1. The number of pyridine rings is 2. The van der Waals surface area contributed by atoms with Crippen molar-refractivity contribution in [2.24, 2.45) is 0 Å². The number of hydrogen-bond donors (Lipinski definition) is 0. The molecule has 0 aliphatic carbocycles. The summed E-state index contributed by atoms with van der Waals surface area (Å²) in [5.41, 5.74) is 1.95. The van der Waals surface area contributed by atoms with Gasteiger partial charge in [0.2, 0.25) is 5.88 Å². The second kappa shape index (κ2) is 5.86. The van der Waals surface area contributed by atoms with Crippen LogP contribution in [-0.2, 0) is 0 Å².